The van der Waals surface area contributed by atoms with Gasteiger partial charge in [-0.1, -0.05) is 58.9 Å². The number of hydrogen-bond acceptors (Lipinski definition) is 8. The van der Waals surface area contributed by atoms with Crippen LogP contribution in [0.15, 0.2) is 29.3 Å². The zero-order valence-electron chi connectivity index (χ0n) is 27.8. The summed E-state index contributed by atoms with van der Waals surface area (Å²) < 4.78 is 0. The molecule has 1 spiro atoms. The van der Waals surface area contributed by atoms with Gasteiger partial charge in [0.25, 0.3) is 11.8 Å². The summed E-state index contributed by atoms with van der Waals surface area (Å²) in [6.07, 6.45) is 7.11. The van der Waals surface area contributed by atoms with E-state index >= 15 is 0 Å². The van der Waals surface area contributed by atoms with Crippen LogP contribution in [0.1, 0.15) is 121 Å². The quantitative estimate of drug-likeness (QED) is 0.424. The summed E-state index contributed by atoms with van der Waals surface area (Å²) in [4.78, 5) is 37.1. The van der Waals surface area contributed by atoms with Gasteiger partial charge in [0, 0.05) is 18.7 Å². The summed E-state index contributed by atoms with van der Waals surface area (Å²) in [6, 6.07) is 9.87. The molecule has 2 N–H and O–H groups in total. The number of rotatable bonds is 7. The molecule has 1 aromatic heterocycles. The highest BCUT2D eigenvalue weighted by Gasteiger charge is 2.54. The number of benzene rings is 1. The Morgan fingerprint density at radius 3 is 2.44 bits per heavy atom. The number of nitrogens with one attached hydrogen (secondary N) is 2. The average molecular weight is 616 g/mol. The number of nitriles is 1. The minimum Gasteiger partial charge on any atom is -0.351 e. The van der Waals surface area contributed by atoms with E-state index in [-0.39, 0.29) is 41.1 Å². The first-order valence-electron chi connectivity index (χ1n) is 16.5. The van der Waals surface area contributed by atoms with Gasteiger partial charge in [0.15, 0.2) is 11.7 Å². The van der Waals surface area contributed by atoms with Crippen LogP contribution in [0.5, 0.6) is 0 Å². The predicted molar refractivity (Wildman–Crippen MR) is 172 cm³/mol. The van der Waals surface area contributed by atoms with Gasteiger partial charge in [0.05, 0.1) is 24.6 Å². The molecule has 2 amide bonds. The number of aliphatic imine (C=N–C) groups is 1. The first kappa shape index (κ1) is 32.6. The first-order chi connectivity index (χ1) is 21.3. The average Bonchev–Trinajstić information content (AvgIpc) is 3.62. The van der Waals surface area contributed by atoms with Gasteiger partial charge in [0.1, 0.15) is 5.66 Å². The van der Waals surface area contributed by atoms with E-state index in [4.69, 9.17) is 4.99 Å². The zero-order chi connectivity index (χ0) is 32.4. The molecule has 3 heterocycles. The molecule has 1 aromatic carbocycles. The number of hydrogen-bond donors (Lipinski definition) is 2. The molecule has 242 valence electrons. The van der Waals surface area contributed by atoms with Gasteiger partial charge in [-0.25, -0.2) is 4.99 Å². The van der Waals surface area contributed by atoms with Crippen molar-refractivity contribution in [3.63, 3.8) is 0 Å². The molecular weight excluding hydrogens is 566 g/mol. The molecule has 3 aliphatic rings. The molecule has 45 heavy (non-hydrogen) atoms. The van der Waals surface area contributed by atoms with E-state index in [2.05, 4.69) is 83.4 Å². The van der Waals surface area contributed by atoms with Crippen LogP contribution >= 0.6 is 0 Å². The Bertz CT molecular complexity index is 1410. The summed E-state index contributed by atoms with van der Waals surface area (Å²) in [5.74, 6) is 1.16. The van der Waals surface area contributed by atoms with E-state index in [0.717, 1.165) is 63.5 Å². The lowest BCUT2D eigenvalue weighted by atomic mass is 9.69. The normalized spacial score (nSPS) is 24.8. The monoisotopic (exact) mass is 615 g/mol. The molecular formula is C34H49N9O2. The minimum atomic E-state index is -0.614. The number of carbonyl (C=O) groups is 2. The Morgan fingerprint density at radius 1 is 1.13 bits per heavy atom. The van der Waals surface area contributed by atoms with Gasteiger partial charge in [0.2, 0.25) is 0 Å². The Hall–Kier alpha value is -3.81. The number of nitrogens with zero attached hydrogens (tertiary/aromatic N) is 7. The molecule has 2 fully saturated rings. The largest absolute Gasteiger partial charge is 0.351 e. The Balaban J connectivity index is 1.47. The van der Waals surface area contributed by atoms with Crippen molar-refractivity contribution in [2.75, 3.05) is 13.1 Å². The molecule has 0 bridgehead atoms. The number of likely N-dealkylation sites (tertiary alicyclic amines) is 1. The van der Waals surface area contributed by atoms with Crippen molar-refractivity contribution in [3.8, 4) is 6.07 Å². The van der Waals surface area contributed by atoms with Crippen molar-refractivity contribution in [1.29, 1.82) is 5.26 Å². The fourth-order valence-corrected chi connectivity index (χ4v) is 7.20. The van der Waals surface area contributed by atoms with E-state index < -0.39 is 5.66 Å². The van der Waals surface area contributed by atoms with Crippen LogP contribution in [0.4, 0.5) is 0 Å². The van der Waals surface area contributed by atoms with E-state index in [9.17, 15) is 14.9 Å². The van der Waals surface area contributed by atoms with Crippen LogP contribution in [0.3, 0.4) is 0 Å². The maximum absolute atomic E-state index is 14.7. The van der Waals surface area contributed by atoms with E-state index in [1.54, 1.807) is 0 Å². The third-order valence-corrected chi connectivity index (χ3v) is 9.92. The Kier molecular flexibility index (Phi) is 9.33. The summed E-state index contributed by atoms with van der Waals surface area (Å²) in [5, 5.41) is 26.2. The van der Waals surface area contributed by atoms with Crippen molar-refractivity contribution in [1.82, 2.24) is 35.7 Å². The highest BCUT2D eigenvalue weighted by atomic mass is 16.2. The van der Waals surface area contributed by atoms with Crippen molar-refractivity contribution < 1.29 is 9.59 Å². The molecule has 2 aromatic rings. The lowest BCUT2D eigenvalue weighted by molar-refractivity contribution is -0.134. The van der Waals surface area contributed by atoms with Crippen molar-refractivity contribution in [2.45, 2.75) is 111 Å². The van der Waals surface area contributed by atoms with Gasteiger partial charge in [-0.05, 0) is 85.8 Å². The Labute approximate surface area is 267 Å². The van der Waals surface area contributed by atoms with E-state index in [0.29, 0.717) is 29.7 Å². The minimum absolute atomic E-state index is 0.0244. The standard InChI is InChI=1S/C34H49N9O2/c1-32(2,3)16-15-27(24-9-11-25(12-10-24)30(44)36-21-28-38-40-41-39-28)43-31(45)29(42-19-7-8-23(20-35)22-42)37-34(43)17-13-26(14-18-34)33(4,5)6/h9-12,23,26-27H,7-8,13-19,21-22H2,1-6H3,(H,36,44)(H,38,39,40,41)/t23?,26?,27-,34?/m1/s1. The fraction of sp³-hybridized carbons (Fsp3) is 0.676. The lowest BCUT2D eigenvalue weighted by Gasteiger charge is -2.47. The number of amidine groups is 1. The Morgan fingerprint density at radius 2 is 1.84 bits per heavy atom. The van der Waals surface area contributed by atoms with Crippen LogP contribution in [-0.2, 0) is 11.3 Å². The van der Waals surface area contributed by atoms with Crippen LogP contribution < -0.4 is 5.32 Å². The number of H-pyrrole nitrogens is 1. The second kappa shape index (κ2) is 12.9. The van der Waals surface area contributed by atoms with Crippen LogP contribution in [0.25, 0.3) is 0 Å². The van der Waals surface area contributed by atoms with Crippen LogP contribution in [0, 0.1) is 34.0 Å². The van der Waals surface area contributed by atoms with Gasteiger partial charge in [-0.2, -0.15) is 10.5 Å². The molecule has 1 saturated heterocycles. The second-order valence-electron chi connectivity index (χ2n) is 15.4. The molecule has 11 heteroatoms. The molecule has 1 saturated carbocycles. The number of piperidine rings is 1. The predicted octanol–water partition coefficient (Wildman–Crippen LogP) is 5.41. The van der Waals surface area contributed by atoms with Gasteiger partial charge >= 0.3 is 0 Å². The van der Waals surface area contributed by atoms with Gasteiger partial charge in [-0.3, -0.25) is 9.59 Å². The summed E-state index contributed by atoms with van der Waals surface area (Å²) >= 11 is 0. The molecule has 1 aliphatic carbocycles. The van der Waals surface area contributed by atoms with Crippen molar-refractivity contribution in [2.24, 2.45) is 27.7 Å². The molecule has 11 nitrogen and oxygen atoms in total. The van der Waals surface area contributed by atoms with Gasteiger partial charge in [-0.15, -0.1) is 10.2 Å². The number of carbonyl (C=O) groups excluding carboxylic acids is 2. The van der Waals surface area contributed by atoms with Crippen LogP contribution in [-0.4, -0.2) is 66.8 Å². The van der Waals surface area contributed by atoms with E-state index in [1.807, 2.05) is 24.3 Å². The molecule has 2 aliphatic heterocycles. The maximum atomic E-state index is 14.7. The summed E-state index contributed by atoms with van der Waals surface area (Å²) in [5.41, 5.74) is 1.18. The second-order valence-corrected chi connectivity index (χ2v) is 15.4. The van der Waals surface area contributed by atoms with Crippen LogP contribution in [0.2, 0.25) is 0 Å². The number of amides is 2. The molecule has 2 atom stereocenters. The smallest absolute Gasteiger partial charge is 0.291 e. The number of tetrazole rings is 1. The number of aromatic nitrogens is 4. The fourth-order valence-electron chi connectivity index (χ4n) is 7.20. The topological polar surface area (TPSA) is 143 Å². The summed E-state index contributed by atoms with van der Waals surface area (Å²) in [7, 11) is 0. The highest BCUT2D eigenvalue weighted by molar-refractivity contribution is 6.39. The highest BCUT2D eigenvalue weighted by Crippen LogP contribution is 2.50. The molecule has 1 unspecified atom stereocenters. The maximum Gasteiger partial charge on any atom is 0.291 e. The molecule has 0 radical (unpaired) electrons. The SMILES string of the molecule is CC(C)(C)CC[C@H](c1ccc(C(=O)NCc2nn[nH]n2)cc1)N1C(=O)C(N2CCCC(C#N)C2)=NC12CCC(C(C)(C)C)CC2. The lowest BCUT2D eigenvalue weighted by Crippen LogP contribution is -2.52. The van der Waals surface area contributed by atoms with Crippen molar-refractivity contribution in [3.05, 3.63) is 41.2 Å². The third kappa shape index (κ3) is 7.37. The van der Waals surface area contributed by atoms with E-state index in [1.165, 1.54) is 0 Å². The first-order valence-corrected chi connectivity index (χ1v) is 16.5. The van der Waals surface area contributed by atoms with Crippen molar-refractivity contribution >= 4 is 17.6 Å². The molecule has 5 rings (SSSR count). The number of aromatic amines is 1. The zero-order valence-corrected chi connectivity index (χ0v) is 27.8. The summed E-state index contributed by atoms with van der Waals surface area (Å²) in [6.45, 7) is 15.1. The third-order valence-electron chi connectivity index (χ3n) is 9.92. The van der Waals surface area contributed by atoms with Gasteiger partial charge < -0.3 is 15.1 Å².